The number of rotatable bonds is 6. The first-order valence-electron chi connectivity index (χ1n) is 9.14. The first-order chi connectivity index (χ1) is 13.7. The third-order valence-electron chi connectivity index (χ3n) is 4.63. The molecule has 1 aliphatic rings. The highest BCUT2D eigenvalue weighted by Crippen LogP contribution is 2.32. The van der Waals surface area contributed by atoms with Crippen molar-refractivity contribution < 1.29 is 22.7 Å². The summed E-state index contributed by atoms with van der Waals surface area (Å²) in [6.45, 7) is 5.35. The molecule has 8 nitrogen and oxygen atoms in total. The van der Waals surface area contributed by atoms with Crippen LogP contribution in [0, 0.1) is 13.8 Å². The monoisotopic (exact) mass is 417 g/mol. The molecule has 0 unspecified atom stereocenters. The van der Waals surface area contributed by atoms with Gasteiger partial charge in [0.2, 0.25) is 15.9 Å². The van der Waals surface area contributed by atoms with Crippen LogP contribution in [0.4, 0.5) is 11.4 Å². The van der Waals surface area contributed by atoms with Crippen molar-refractivity contribution >= 4 is 33.2 Å². The van der Waals surface area contributed by atoms with Gasteiger partial charge in [0.05, 0.1) is 10.6 Å². The zero-order valence-electron chi connectivity index (χ0n) is 16.4. The van der Waals surface area contributed by atoms with Crippen molar-refractivity contribution in [3.8, 4) is 5.75 Å². The van der Waals surface area contributed by atoms with E-state index >= 15 is 0 Å². The van der Waals surface area contributed by atoms with E-state index in [1.54, 1.807) is 37.3 Å². The van der Waals surface area contributed by atoms with Gasteiger partial charge >= 0.3 is 0 Å². The molecule has 1 atom stereocenters. The fourth-order valence-electron chi connectivity index (χ4n) is 2.77. The van der Waals surface area contributed by atoms with Gasteiger partial charge in [0.1, 0.15) is 5.75 Å². The van der Waals surface area contributed by atoms with Gasteiger partial charge in [-0.25, -0.2) is 13.1 Å². The molecule has 154 valence electrons. The summed E-state index contributed by atoms with van der Waals surface area (Å²) >= 11 is 0. The summed E-state index contributed by atoms with van der Waals surface area (Å²) in [7, 11) is -3.69. The van der Waals surface area contributed by atoms with E-state index in [4.69, 9.17) is 4.74 Å². The summed E-state index contributed by atoms with van der Waals surface area (Å²) in [6.07, 6.45) is -0.616. The second kappa shape index (κ2) is 8.22. The van der Waals surface area contributed by atoms with Crippen LogP contribution >= 0.6 is 0 Å². The summed E-state index contributed by atoms with van der Waals surface area (Å²) in [5, 5.41) is 5.39. The van der Waals surface area contributed by atoms with Crippen molar-refractivity contribution in [1.29, 1.82) is 0 Å². The summed E-state index contributed by atoms with van der Waals surface area (Å²) < 4.78 is 32.6. The molecule has 0 saturated heterocycles. The van der Waals surface area contributed by atoms with Crippen molar-refractivity contribution in [3.05, 3.63) is 47.5 Å². The van der Waals surface area contributed by atoms with Gasteiger partial charge in [-0.15, -0.1) is 0 Å². The summed E-state index contributed by atoms with van der Waals surface area (Å²) in [5.74, 6) is -0.0952. The van der Waals surface area contributed by atoms with E-state index in [-0.39, 0.29) is 29.7 Å². The Morgan fingerprint density at radius 2 is 1.90 bits per heavy atom. The Hall–Kier alpha value is -2.91. The Kier molecular flexibility index (Phi) is 5.90. The smallest absolute Gasteiger partial charge is 0.265 e. The zero-order valence-corrected chi connectivity index (χ0v) is 17.2. The maximum absolute atomic E-state index is 12.4. The van der Waals surface area contributed by atoms with Crippen LogP contribution in [0.1, 0.15) is 24.5 Å². The lowest BCUT2D eigenvalue weighted by atomic mass is 10.1. The van der Waals surface area contributed by atoms with E-state index in [2.05, 4.69) is 15.4 Å². The lowest BCUT2D eigenvalue weighted by Crippen LogP contribution is -2.34. The van der Waals surface area contributed by atoms with Crippen LogP contribution < -0.4 is 20.1 Å². The van der Waals surface area contributed by atoms with Gasteiger partial charge in [0.15, 0.2) is 6.10 Å². The molecule has 0 saturated carbocycles. The van der Waals surface area contributed by atoms with E-state index in [1.807, 2.05) is 13.8 Å². The second-order valence-corrected chi connectivity index (χ2v) is 8.67. The van der Waals surface area contributed by atoms with Gasteiger partial charge in [-0.1, -0.05) is 6.07 Å². The molecule has 0 fully saturated rings. The van der Waals surface area contributed by atoms with Crippen LogP contribution in [-0.4, -0.2) is 32.9 Å². The molecule has 0 bridgehead atoms. The Balaban J connectivity index is 1.56. The fourth-order valence-corrected chi connectivity index (χ4v) is 3.89. The number of amides is 2. The SMILES string of the molecule is Cc1ccc(S(=O)(=O)NCCC(=O)Nc2ccc3c(c2)NC(=O)[C@@H](C)O3)cc1C. The first-order valence-corrected chi connectivity index (χ1v) is 10.6. The van der Waals surface area contributed by atoms with Gasteiger partial charge in [-0.3, -0.25) is 9.59 Å². The number of nitrogens with one attached hydrogen (secondary N) is 3. The molecule has 0 spiro atoms. The molecule has 3 rings (SSSR count). The van der Waals surface area contributed by atoms with Crippen molar-refractivity contribution in [3.63, 3.8) is 0 Å². The number of anilines is 2. The van der Waals surface area contributed by atoms with Gasteiger partial charge in [-0.2, -0.15) is 0 Å². The van der Waals surface area contributed by atoms with Crippen LogP contribution in [0.2, 0.25) is 0 Å². The topological polar surface area (TPSA) is 114 Å². The minimum atomic E-state index is -3.69. The van der Waals surface area contributed by atoms with E-state index in [0.29, 0.717) is 17.1 Å². The molecule has 3 N–H and O–H groups in total. The molecule has 1 heterocycles. The fraction of sp³-hybridized carbons (Fsp3) is 0.300. The predicted molar refractivity (Wildman–Crippen MR) is 110 cm³/mol. The zero-order chi connectivity index (χ0) is 21.2. The summed E-state index contributed by atoms with van der Waals surface area (Å²) in [6, 6.07) is 9.78. The van der Waals surface area contributed by atoms with Crippen LogP contribution in [0.15, 0.2) is 41.3 Å². The average Bonchev–Trinajstić information content (AvgIpc) is 2.65. The number of fused-ring (bicyclic) bond motifs is 1. The molecular weight excluding hydrogens is 394 g/mol. The second-order valence-electron chi connectivity index (χ2n) is 6.90. The van der Waals surface area contributed by atoms with Crippen molar-refractivity contribution in [2.24, 2.45) is 0 Å². The predicted octanol–water partition coefficient (Wildman–Crippen LogP) is 2.33. The normalized spacial score (nSPS) is 15.8. The number of hydrogen-bond donors (Lipinski definition) is 3. The van der Waals surface area contributed by atoms with Crippen LogP contribution in [0.5, 0.6) is 5.75 Å². The molecule has 2 aromatic carbocycles. The minimum absolute atomic E-state index is 0.0383. The Labute approximate surface area is 169 Å². The van der Waals surface area contributed by atoms with Crippen LogP contribution in [0.3, 0.4) is 0 Å². The Bertz CT molecular complexity index is 1070. The average molecular weight is 417 g/mol. The number of carbonyl (C=O) groups excluding carboxylic acids is 2. The lowest BCUT2D eigenvalue weighted by Gasteiger charge is -2.23. The molecule has 2 aromatic rings. The van der Waals surface area contributed by atoms with E-state index in [0.717, 1.165) is 11.1 Å². The maximum atomic E-state index is 12.4. The van der Waals surface area contributed by atoms with Crippen molar-refractivity contribution in [1.82, 2.24) is 4.72 Å². The molecule has 1 aliphatic heterocycles. The quantitative estimate of drug-likeness (QED) is 0.668. The molecule has 29 heavy (non-hydrogen) atoms. The van der Waals surface area contributed by atoms with Gasteiger partial charge in [0.25, 0.3) is 5.91 Å². The highest BCUT2D eigenvalue weighted by atomic mass is 32.2. The van der Waals surface area contributed by atoms with E-state index in [9.17, 15) is 18.0 Å². The summed E-state index contributed by atoms with van der Waals surface area (Å²) in [4.78, 5) is 24.0. The highest BCUT2D eigenvalue weighted by molar-refractivity contribution is 7.89. The first kappa shape index (κ1) is 20.8. The number of ether oxygens (including phenoxy) is 1. The Morgan fingerprint density at radius 3 is 2.62 bits per heavy atom. The molecule has 2 amide bonds. The number of sulfonamides is 1. The highest BCUT2D eigenvalue weighted by Gasteiger charge is 2.23. The van der Waals surface area contributed by atoms with Gasteiger partial charge < -0.3 is 15.4 Å². The van der Waals surface area contributed by atoms with Gasteiger partial charge in [0, 0.05) is 18.7 Å². The number of aryl methyl sites for hydroxylation is 2. The van der Waals surface area contributed by atoms with Crippen LogP contribution in [0.25, 0.3) is 0 Å². The van der Waals surface area contributed by atoms with Gasteiger partial charge in [-0.05, 0) is 62.2 Å². The van der Waals surface area contributed by atoms with Crippen LogP contribution in [-0.2, 0) is 19.6 Å². The third-order valence-corrected chi connectivity index (χ3v) is 6.09. The number of benzene rings is 2. The standard InChI is InChI=1S/C20H23N3O5S/c1-12-4-6-16(10-13(12)2)29(26,27)21-9-8-19(24)22-15-5-7-18-17(11-15)23-20(25)14(3)28-18/h4-7,10-11,14,21H,8-9H2,1-3H3,(H,22,24)(H,23,25)/t14-/m1/s1. The third kappa shape index (κ3) is 4.93. The molecule has 0 radical (unpaired) electrons. The molecule has 0 aliphatic carbocycles. The lowest BCUT2D eigenvalue weighted by molar-refractivity contribution is -0.122. The molecule has 9 heteroatoms. The minimum Gasteiger partial charge on any atom is -0.479 e. The molecular formula is C20H23N3O5S. The largest absolute Gasteiger partial charge is 0.479 e. The van der Waals surface area contributed by atoms with E-state index in [1.165, 1.54) is 6.07 Å². The summed E-state index contributed by atoms with van der Waals surface area (Å²) in [5.41, 5.74) is 2.83. The number of hydrogen-bond acceptors (Lipinski definition) is 5. The molecule has 0 aromatic heterocycles. The maximum Gasteiger partial charge on any atom is 0.265 e. The van der Waals surface area contributed by atoms with Crippen molar-refractivity contribution in [2.45, 2.75) is 38.2 Å². The van der Waals surface area contributed by atoms with E-state index < -0.39 is 16.1 Å². The van der Waals surface area contributed by atoms with Crippen molar-refractivity contribution in [2.75, 3.05) is 17.2 Å². The number of carbonyl (C=O) groups is 2. The Morgan fingerprint density at radius 1 is 1.14 bits per heavy atom.